The highest BCUT2D eigenvalue weighted by molar-refractivity contribution is 9.10. The van der Waals surface area contributed by atoms with Gasteiger partial charge in [0.2, 0.25) is 0 Å². The molecule has 0 saturated carbocycles. The summed E-state index contributed by atoms with van der Waals surface area (Å²) in [6, 6.07) is 2.76. The fourth-order valence-electron chi connectivity index (χ4n) is 2.44. The average Bonchev–Trinajstić information content (AvgIpc) is 2.91. The zero-order chi connectivity index (χ0) is 16.5. The highest BCUT2D eigenvalue weighted by Crippen LogP contribution is 2.33. The smallest absolute Gasteiger partial charge is 0.260 e. The van der Waals surface area contributed by atoms with Crippen LogP contribution in [0.1, 0.15) is 12.1 Å². The van der Waals surface area contributed by atoms with Crippen LogP contribution in [0.2, 0.25) is 25.7 Å². The first kappa shape index (κ1) is 17.6. The van der Waals surface area contributed by atoms with Crippen molar-refractivity contribution in [2.24, 2.45) is 0 Å². The molecule has 1 fully saturated rings. The third kappa shape index (κ3) is 3.79. The Bertz CT molecular complexity index is 558. The van der Waals surface area contributed by atoms with Gasteiger partial charge in [-0.15, -0.1) is 0 Å². The molecule has 0 radical (unpaired) electrons. The van der Waals surface area contributed by atoms with Crippen LogP contribution in [0.25, 0.3) is 0 Å². The molecule has 2 rings (SSSR count). The summed E-state index contributed by atoms with van der Waals surface area (Å²) >= 11 is 3.31. The van der Waals surface area contributed by atoms with Crippen LogP contribution < -0.4 is 0 Å². The molecule has 1 N–H and O–H groups in total. The number of hydrogen-bond acceptors (Lipinski definition) is 4. The Morgan fingerprint density at radius 3 is 2.73 bits per heavy atom. The van der Waals surface area contributed by atoms with E-state index in [9.17, 15) is 9.90 Å². The number of amides is 1. The van der Waals surface area contributed by atoms with Crippen molar-refractivity contribution in [1.29, 1.82) is 0 Å². The summed E-state index contributed by atoms with van der Waals surface area (Å²) in [4.78, 5) is 13.8. The molecule has 0 aliphatic carbocycles. The minimum absolute atomic E-state index is 0.241. The van der Waals surface area contributed by atoms with Gasteiger partial charge in [0.25, 0.3) is 5.91 Å². The van der Waals surface area contributed by atoms with Gasteiger partial charge in [-0.25, -0.2) is 4.68 Å². The van der Waals surface area contributed by atoms with E-state index in [-0.39, 0.29) is 12.6 Å². The Morgan fingerprint density at radius 2 is 2.18 bits per heavy atom. The van der Waals surface area contributed by atoms with Gasteiger partial charge in [0, 0.05) is 34.7 Å². The van der Waals surface area contributed by atoms with Crippen molar-refractivity contribution in [3.8, 4) is 0 Å². The van der Waals surface area contributed by atoms with Crippen LogP contribution >= 0.6 is 15.9 Å². The number of ether oxygens (including phenoxy) is 1. The van der Waals surface area contributed by atoms with Crippen LogP contribution in [0.4, 0.5) is 0 Å². The molecule has 124 valence electrons. The standard InChI is InChI=1S/C14H24BrN3O3Si/c1-17-6-5-14(20,13(17)19)11-9-12(15)16-18(11)10-21-7-8-22(2,3)4/h9,20H,5-8,10H2,1-4H3/t14-/m0/s1. The van der Waals surface area contributed by atoms with Crippen molar-refractivity contribution in [2.45, 2.75) is 44.4 Å². The van der Waals surface area contributed by atoms with Crippen LogP contribution in [0.5, 0.6) is 0 Å². The maximum absolute atomic E-state index is 12.2. The van der Waals surface area contributed by atoms with Gasteiger partial charge in [-0.1, -0.05) is 19.6 Å². The lowest BCUT2D eigenvalue weighted by atomic mass is 9.98. The Morgan fingerprint density at radius 1 is 1.50 bits per heavy atom. The van der Waals surface area contributed by atoms with Crippen LogP contribution in [0.15, 0.2) is 10.7 Å². The molecule has 8 heteroatoms. The first-order valence-electron chi connectivity index (χ1n) is 7.43. The number of halogens is 1. The van der Waals surface area contributed by atoms with Crippen molar-refractivity contribution in [3.63, 3.8) is 0 Å². The number of carbonyl (C=O) groups is 1. The van der Waals surface area contributed by atoms with E-state index in [1.54, 1.807) is 17.8 Å². The molecule has 0 aromatic carbocycles. The molecule has 2 heterocycles. The predicted octanol–water partition coefficient (Wildman–Crippen LogP) is 2.01. The van der Waals surface area contributed by atoms with Crippen LogP contribution in [0.3, 0.4) is 0 Å². The van der Waals surface area contributed by atoms with Crippen LogP contribution in [0, 0.1) is 0 Å². The molecule has 1 atom stereocenters. The molecule has 22 heavy (non-hydrogen) atoms. The van der Waals surface area contributed by atoms with E-state index >= 15 is 0 Å². The van der Waals surface area contributed by atoms with E-state index < -0.39 is 13.7 Å². The summed E-state index contributed by atoms with van der Waals surface area (Å²) in [6.45, 7) is 8.32. The van der Waals surface area contributed by atoms with Crippen molar-refractivity contribution in [3.05, 3.63) is 16.4 Å². The molecule has 1 aliphatic heterocycles. The fraction of sp³-hybridized carbons (Fsp3) is 0.714. The maximum atomic E-state index is 12.2. The van der Waals surface area contributed by atoms with Gasteiger partial charge in [-0.05, 0) is 28.0 Å². The second-order valence-electron chi connectivity index (χ2n) is 7.04. The molecule has 1 saturated heterocycles. The lowest BCUT2D eigenvalue weighted by Crippen LogP contribution is -2.38. The first-order chi connectivity index (χ1) is 10.1. The highest BCUT2D eigenvalue weighted by atomic mass is 79.9. The molecule has 0 spiro atoms. The normalized spacial score (nSPS) is 22.6. The lowest BCUT2D eigenvalue weighted by Gasteiger charge is -2.22. The Hall–Kier alpha value is -0.703. The summed E-state index contributed by atoms with van der Waals surface area (Å²) in [5.74, 6) is -0.289. The number of hydrogen-bond donors (Lipinski definition) is 1. The monoisotopic (exact) mass is 389 g/mol. The lowest BCUT2D eigenvalue weighted by molar-refractivity contribution is -0.143. The van der Waals surface area contributed by atoms with Gasteiger partial charge in [-0.3, -0.25) is 4.79 Å². The van der Waals surface area contributed by atoms with Crippen LogP contribution in [-0.4, -0.2) is 54.0 Å². The molecule has 1 amide bonds. The Labute approximate surface area is 140 Å². The van der Waals surface area contributed by atoms with Gasteiger partial charge in [-0.2, -0.15) is 5.10 Å². The molecular formula is C14H24BrN3O3Si. The summed E-state index contributed by atoms with van der Waals surface area (Å²) in [5.41, 5.74) is -1.02. The van der Waals surface area contributed by atoms with Gasteiger partial charge in [0.15, 0.2) is 5.60 Å². The topological polar surface area (TPSA) is 67.6 Å². The van der Waals surface area contributed by atoms with Crippen LogP contribution in [-0.2, 0) is 21.9 Å². The predicted molar refractivity (Wildman–Crippen MR) is 90.2 cm³/mol. The van der Waals surface area contributed by atoms with Crippen molar-refractivity contribution in [2.75, 3.05) is 20.2 Å². The van der Waals surface area contributed by atoms with E-state index in [0.717, 1.165) is 6.04 Å². The van der Waals surface area contributed by atoms with E-state index in [2.05, 4.69) is 40.7 Å². The number of aliphatic hydroxyl groups is 1. The maximum Gasteiger partial charge on any atom is 0.260 e. The van der Waals surface area contributed by atoms with Crippen molar-refractivity contribution >= 4 is 29.9 Å². The van der Waals surface area contributed by atoms with E-state index in [1.165, 1.54) is 4.90 Å². The number of carbonyl (C=O) groups excluding carboxylic acids is 1. The van der Waals surface area contributed by atoms with Gasteiger partial charge in [0.05, 0.1) is 5.69 Å². The van der Waals surface area contributed by atoms with E-state index in [4.69, 9.17) is 4.74 Å². The minimum atomic E-state index is -1.50. The quantitative estimate of drug-likeness (QED) is 0.596. The SMILES string of the molecule is CN1CC[C@](O)(c2cc(Br)nn2COCC[Si](C)(C)C)C1=O. The fourth-order valence-corrected chi connectivity index (χ4v) is 3.60. The molecule has 0 unspecified atom stereocenters. The molecule has 1 aromatic rings. The number of likely N-dealkylation sites (N-methyl/N-ethyl adjacent to an activating group) is 1. The summed E-state index contributed by atoms with van der Waals surface area (Å²) in [7, 11) is 0.557. The third-order valence-electron chi connectivity index (χ3n) is 3.89. The number of nitrogens with zero attached hydrogens (tertiary/aromatic N) is 3. The first-order valence-corrected chi connectivity index (χ1v) is 11.9. The van der Waals surface area contributed by atoms with Gasteiger partial charge < -0.3 is 14.7 Å². The molecule has 1 aliphatic rings. The largest absolute Gasteiger partial charge is 0.374 e. The Kier molecular flexibility index (Phi) is 5.15. The highest BCUT2D eigenvalue weighted by Gasteiger charge is 2.47. The molecule has 0 bridgehead atoms. The summed E-state index contributed by atoms with van der Waals surface area (Å²) in [6.07, 6.45) is 0.370. The second-order valence-corrected chi connectivity index (χ2v) is 13.5. The number of aromatic nitrogens is 2. The van der Waals surface area contributed by atoms with E-state index in [0.29, 0.717) is 29.9 Å². The zero-order valence-electron chi connectivity index (χ0n) is 13.6. The number of rotatable bonds is 6. The molecule has 1 aromatic heterocycles. The zero-order valence-corrected chi connectivity index (χ0v) is 16.2. The minimum Gasteiger partial charge on any atom is -0.374 e. The second kappa shape index (κ2) is 6.43. The molecular weight excluding hydrogens is 366 g/mol. The molecule has 6 nitrogen and oxygen atoms in total. The third-order valence-corrected chi connectivity index (χ3v) is 5.99. The van der Waals surface area contributed by atoms with Gasteiger partial charge >= 0.3 is 0 Å². The summed E-state index contributed by atoms with van der Waals surface area (Å²) in [5, 5.41) is 15.0. The van der Waals surface area contributed by atoms with E-state index in [1.807, 2.05) is 0 Å². The van der Waals surface area contributed by atoms with Crippen molar-refractivity contribution in [1.82, 2.24) is 14.7 Å². The summed E-state index contributed by atoms with van der Waals surface area (Å²) < 4.78 is 7.86. The number of likely N-dealkylation sites (tertiary alicyclic amines) is 1. The van der Waals surface area contributed by atoms with Crippen molar-refractivity contribution < 1.29 is 14.6 Å². The van der Waals surface area contributed by atoms with Gasteiger partial charge in [0.1, 0.15) is 11.3 Å². The Balaban J connectivity index is 2.09. The average molecular weight is 390 g/mol.